The Kier molecular flexibility index (Phi) is 6.00. The van der Waals surface area contributed by atoms with Gasteiger partial charge in [-0.15, -0.1) is 0 Å². The van der Waals surface area contributed by atoms with E-state index in [1.807, 2.05) is 12.1 Å². The zero-order valence-electron chi connectivity index (χ0n) is 11.0. The van der Waals surface area contributed by atoms with Crippen molar-refractivity contribution in [1.29, 1.82) is 0 Å². The number of hydrogen-bond acceptors (Lipinski definition) is 2. The van der Waals surface area contributed by atoms with Crippen LogP contribution in [0.15, 0.2) is 22.7 Å². The van der Waals surface area contributed by atoms with Crippen LogP contribution in [0, 0.1) is 0 Å². The van der Waals surface area contributed by atoms with E-state index in [2.05, 4.69) is 42.8 Å². The first-order valence-electron chi connectivity index (χ1n) is 5.99. The van der Waals surface area contributed by atoms with Gasteiger partial charge in [-0.05, 0) is 36.6 Å². The molecule has 0 aliphatic carbocycles. The predicted molar refractivity (Wildman–Crippen MR) is 74.8 cm³/mol. The third kappa shape index (κ3) is 4.68. The fraction of sp³-hybridized carbons (Fsp3) is 0.571. The summed E-state index contributed by atoms with van der Waals surface area (Å²) in [7, 11) is 1.71. The van der Waals surface area contributed by atoms with Gasteiger partial charge in [0, 0.05) is 24.6 Å². The summed E-state index contributed by atoms with van der Waals surface area (Å²) < 4.78 is 12.1. The molecule has 0 aromatic heterocycles. The molecule has 96 valence electrons. The molecule has 0 heterocycles. The van der Waals surface area contributed by atoms with Gasteiger partial charge in [0.2, 0.25) is 0 Å². The number of methoxy groups -OCH3 is 1. The standard InChI is InChI=1S/C14H21BrO2/c1-10(2)13-9-12(15)5-6-14(13)17-11(3)7-8-16-4/h5-6,9-11H,7-8H2,1-4H3. The Labute approximate surface area is 112 Å². The Morgan fingerprint density at radius 3 is 2.53 bits per heavy atom. The molecule has 0 aliphatic rings. The maximum absolute atomic E-state index is 5.96. The summed E-state index contributed by atoms with van der Waals surface area (Å²) in [6.07, 6.45) is 1.08. The van der Waals surface area contributed by atoms with Crippen molar-refractivity contribution < 1.29 is 9.47 Å². The molecule has 0 amide bonds. The monoisotopic (exact) mass is 300 g/mol. The van der Waals surface area contributed by atoms with Crippen LogP contribution in [0.4, 0.5) is 0 Å². The van der Waals surface area contributed by atoms with E-state index < -0.39 is 0 Å². The molecule has 1 rings (SSSR count). The second-order valence-electron chi connectivity index (χ2n) is 4.55. The number of halogens is 1. The molecular weight excluding hydrogens is 280 g/mol. The maximum atomic E-state index is 5.96. The smallest absolute Gasteiger partial charge is 0.123 e. The van der Waals surface area contributed by atoms with Gasteiger partial charge in [0.25, 0.3) is 0 Å². The molecule has 1 unspecified atom stereocenters. The van der Waals surface area contributed by atoms with E-state index in [1.165, 1.54) is 5.56 Å². The van der Waals surface area contributed by atoms with Gasteiger partial charge in [0.05, 0.1) is 6.10 Å². The molecule has 0 N–H and O–H groups in total. The highest BCUT2D eigenvalue weighted by Gasteiger charge is 2.11. The van der Waals surface area contributed by atoms with Gasteiger partial charge in [-0.2, -0.15) is 0 Å². The van der Waals surface area contributed by atoms with Gasteiger partial charge in [0.15, 0.2) is 0 Å². The second kappa shape index (κ2) is 7.02. The van der Waals surface area contributed by atoms with E-state index in [4.69, 9.17) is 9.47 Å². The Morgan fingerprint density at radius 2 is 1.94 bits per heavy atom. The van der Waals surface area contributed by atoms with Crippen molar-refractivity contribution in [1.82, 2.24) is 0 Å². The lowest BCUT2D eigenvalue weighted by Crippen LogP contribution is -2.15. The second-order valence-corrected chi connectivity index (χ2v) is 5.46. The van der Waals surface area contributed by atoms with Crippen molar-refractivity contribution in [3.05, 3.63) is 28.2 Å². The SMILES string of the molecule is COCCC(C)Oc1ccc(Br)cc1C(C)C. The molecule has 1 atom stereocenters. The fourth-order valence-electron chi connectivity index (χ4n) is 1.64. The van der Waals surface area contributed by atoms with E-state index in [0.717, 1.165) is 23.2 Å². The average molecular weight is 301 g/mol. The van der Waals surface area contributed by atoms with Crippen molar-refractivity contribution in [2.75, 3.05) is 13.7 Å². The molecule has 1 aromatic rings. The predicted octanol–water partition coefficient (Wildman–Crippen LogP) is 4.38. The zero-order valence-corrected chi connectivity index (χ0v) is 12.6. The minimum Gasteiger partial charge on any atom is -0.490 e. The summed E-state index contributed by atoms with van der Waals surface area (Å²) >= 11 is 3.50. The van der Waals surface area contributed by atoms with Gasteiger partial charge in [0.1, 0.15) is 5.75 Å². The number of rotatable bonds is 6. The summed E-state index contributed by atoms with van der Waals surface area (Å²) in [6, 6.07) is 6.18. The molecule has 3 heteroatoms. The highest BCUT2D eigenvalue weighted by molar-refractivity contribution is 9.10. The summed E-state index contributed by atoms with van der Waals surface area (Å²) in [5.41, 5.74) is 1.24. The van der Waals surface area contributed by atoms with Crippen molar-refractivity contribution in [2.24, 2.45) is 0 Å². The van der Waals surface area contributed by atoms with Crippen LogP contribution in [-0.2, 0) is 4.74 Å². The molecule has 0 radical (unpaired) electrons. The highest BCUT2D eigenvalue weighted by Crippen LogP contribution is 2.30. The lowest BCUT2D eigenvalue weighted by molar-refractivity contribution is 0.134. The van der Waals surface area contributed by atoms with Crippen molar-refractivity contribution in [3.63, 3.8) is 0 Å². The Morgan fingerprint density at radius 1 is 1.24 bits per heavy atom. The summed E-state index contributed by atoms with van der Waals surface area (Å²) in [5, 5.41) is 0. The lowest BCUT2D eigenvalue weighted by atomic mass is 10.0. The quantitative estimate of drug-likeness (QED) is 0.776. The summed E-state index contributed by atoms with van der Waals surface area (Å²) in [6.45, 7) is 7.16. The van der Waals surface area contributed by atoms with Crippen LogP contribution in [0.2, 0.25) is 0 Å². The molecule has 0 saturated carbocycles. The molecule has 17 heavy (non-hydrogen) atoms. The van der Waals surface area contributed by atoms with Crippen LogP contribution in [0.25, 0.3) is 0 Å². The average Bonchev–Trinajstić information content (AvgIpc) is 2.28. The van der Waals surface area contributed by atoms with Crippen molar-refractivity contribution in [2.45, 2.75) is 39.2 Å². The fourth-order valence-corrected chi connectivity index (χ4v) is 2.02. The minimum atomic E-state index is 0.175. The third-order valence-electron chi connectivity index (χ3n) is 2.65. The van der Waals surface area contributed by atoms with E-state index in [9.17, 15) is 0 Å². The number of benzene rings is 1. The van der Waals surface area contributed by atoms with Crippen LogP contribution in [-0.4, -0.2) is 19.8 Å². The first-order valence-corrected chi connectivity index (χ1v) is 6.79. The lowest BCUT2D eigenvalue weighted by Gasteiger charge is -2.19. The van der Waals surface area contributed by atoms with Gasteiger partial charge < -0.3 is 9.47 Å². The van der Waals surface area contributed by atoms with Crippen LogP contribution in [0.3, 0.4) is 0 Å². The Hall–Kier alpha value is -0.540. The molecular formula is C14H21BrO2. The number of ether oxygens (including phenoxy) is 2. The van der Waals surface area contributed by atoms with Crippen LogP contribution in [0.5, 0.6) is 5.75 Å². The highest BCUT2D eigenvalue weighted by atomic mass is 79.9. The van der Waals surface area contributed by atoms with Crippen LogP contribution >= 0.6 is 15.9 Å². The van der Waals surface area contributed by atoms with Crippen LogP contribution in [0.1, 0.15) is 38.7 Å². The molecule has 1 aromatic carbocycles. The van der Waals surface area contributed by atoms with Gasteiger partial charge >= 0.3 is 0 Å². The first kappa shape index (κ1) is 14.5. The topological polar surface area (TPSA) is 18.5 Å². The van der Waals surface area contributed by atoms with Crippen molar-refractivity contribution in [3.8, 4) is 5.75 Å². The largest absolute Gasteiger partial charge is 0.490 e. The zero-order chi connectivity index (χ0) is 12.8. The number of hydrogen-bond donors (Lipinski definition) is 0. The first-order chi connectivity index (χ1) is 8.04. The van der Waals surface area contributed by atoms with E-state index in [1.54, 1.807) is 7.11 Å². The van der Waals surface area contributed by atoms with Crippen molar-refractivity contribution >= 4 is 15.9 Å². The Bertz CT molecular complexity index is 350. The van der Waals surface area contributed by atoms with Gasteiger partial charge in [-0.25, -0.2) is 0 Å². The van der Waals surface area contributed by atoms with Gasteiger partial charge in [-0.1, -0.05) is 29.8 Å². The Balaban J connectivity index is 2.76. The third-order valence-corrected chi connectivity index (χ3v) is 3.14. The van der Waals surface area contributed by atoms with Gasteiger partial charge in [-0.3, -0.25) is 0 Å². The molecule has 0 saturated heterocycles. The minimum absolute atomic E-state index is 0.175. The van der Waals surface area contributed by atoms with E-state index in [-0.39, 0.29) is 6.10 Å². The van der Waals surface area contributed by atoms with Crippen LogP contribution < -0.4 is 4.74 Å². The molecule has 0 aliphatic heterocycles. The summed E-state index contributed by atoms with van der Waals surface area (Å²) in [4.78, 5) is 0. The molecule has 0 spiro atoms. The normalized spacial score (nSPS) is 12.8. The molecule has 0 fully saturated rings. The summed E-state index contributed by atoms with van der Waals surface area (Å²) in [5.74, 6) is 1.43. The van der Waals surface area contributed by atoms with E-state index >= 15 is 0 Å². The molecule has 0 bridgehead atoms. The van der Waals surface area contributed by atoms with E-state index in [0.29, 0.717) is 5.92 Å². The maximum Gasteiger partial charge on any atom is 0.123 e. The molecule has 2 nitrogen and oxygen atoms in total.